The van der Waals surface area contributed by atoms with E-state index >= 15 is 0 Å². The quantitative estimate of drug-likeness (QED) is 0.472. The predicted molar refractivity (Wildman–Crippen MR) is 119 cm³/mol. The average Bonchev–Trinajstić information content (AvgIpc) is 3.45. The summed E-state index contributed by atoms with van der Waals surface area (Å²) in [7, 11) is 0. The first-order valence-electron chi connectivity index (χ1n) is 9.88. The highest BCUT2D eigenvalue weighted by Gasteiger charge is 2.11. The molecule has 2 aromatic carbocycles. The van der Waals surface area contributed by atoms with Crippen LogP contribution < -0.4 is 4.80 Å². The second kappa shape index (κ2) is 9.40. The number of carbonyl (C=O) groups is 1. The van der Waals surface area contributed by atoms with Gasteiger partial charge in [0.25, 0.3) is 5.91 Å². The largest absolute Gasteiger partial charge is 0.272 e. The lowest BCUT2D eigenvalue weighted by Gasteiger charge is -2.08. The van der Waals surface area contributed by atoms with Gasteiger partial charge >= 0.3 is 0 Å². The van der Waals surface area contributed by atoms with Gasteiger partial charge in [-0.2, -0.15) is 15.3 Å². The van der Waals surface area contributed by atoms with Gasteiger partial charge in [0.15, 0.2) is 0 Å². The van der Waals surface area contributed by atoms with E-state index in [1.54, 1.807) is 17.7 Å². The number of aromatic amines is 1. The zero-order chi connectivity index (χ0) is 21.6. The molecule has 0 spiro atoms. The number of allylic oxidation sites excluding steroid dienone is 1. The molecule has 0 aliphatic heterocycles. The summed E-state index contributed by atoms with van der Waals surface area (Å²) in [5, 5.41) is 19.9. The highest BCUT2D eigenvalue weighted by Crippen LogP contribution is 2.29. The molecule has 0 radical (unpaired) electrons. The number of amides is 1. The Morgan fingerprint density at radius 2 is 1.94 bits per heavy atom. The molecule has 0 saturated carbocycles. The molecule has 9 heteroatoms. The molecule has 2 heterocycles. The van der Waals surface area contributed by atoms with Crippen LogP contribution in [-0.2, 0) is 17.8 Å². The molecule has 0 aliphatic rings. The summed E-state index contributed by atoms with van der Waals surface area (Å²) in [5.74, 6) is 0.276. The van der Waals surface area contributed by atoms with E-state index in [-0.39, 0.29) is 5.91 Å². The number of benzene rings is 2. The molecule has 31 heavy (non-hydrogen) atoms. The summed E-state index contributed by atoms with van der Waals surface area (Å²) >= 11 is 1.44. The summed E-state index contributed by atoms with van der Waals surface area (Å²) in [6.45, 7) is 4.37. The van der Waals surface area contributed by atoms with Gasteiger partial charge in [0.2, 0.25) is 10.6 Å². The van der Waals surface area contributed by atoms with E-state index in [1.807, 2.05) is 31.2 Å². The first kappa shape index (κ1) is 20.5. The third kappa shape index (κ3) is 4.72. The average molecular weight is 432 g/mol. The van der Waals surface area contributed by atoms with E-state index in [9.17, 15) is 4.79 Å². The molecular weight excluding hydrogens is 410 g/mol. The minimum Gasteiger partial charge on any atom is -0.267 e. The molecule has 0 aliphatic carbocycles. The van der Waals surface area contributed by atoms with Crippen molar-refractivity contribution in [2.24, 2.45) is 4.99 Å². The first-order chi connectivity index (χ1) is 15.2. The number of nitrogens with zero attached hydrogens (tertiary/aromatic N) is 6. The van der Waals surface area contributed by atoms with Crippen LogP contribution in [0, 0.1) is 0 Å². The zero-order valence-electron chi connectivity index (χ0n) is 17.2. The Kier molecular flexibility index (Phi) is 6.23. The Hall–Kier alpha value is -3.72. The molecule has 0 saturated heterocycles. The smallest absolute Gasteiger partial charge is 0.267 e. The standard InChI is InChI=1S/C22H21N7OS/c1-3-7-19(30)23-22-29(26-20(4-2)31-22)14-15-10-12-16(13-11-15)17-8-5-6-9-18(17)21-24-27-28-25-21/h3,5-13H,4,14H2,1-2H3,(H,24,25,27,28). The fourth-order valence-electron chi connectivity index (χ4n) is 3.12. The molecule has 0 atom stereocenters. The van der Waals surface area contributed by atoms with Gasteiger partial charge in [0, 0.05) is 11.6 Å². The van der Waals surface area contributed by atoms with Gasteiger partial charge in [-0.05, 0) is 35.2 Å². The number of hydrogen-bond acceptors (Lipinski definition) is 6. The van der Waals surface area contributed by atoms with Crippen molar-refractivity contribution in [3.05, 3.63) is 76.1 Å². The van der Waals surface area contributed by atoms with Crippen LogP contribution in [-0.4, -0.2) is 36.3 Å². The van der Waals surface area contributed by atoms with Crippen LogP contribution in [0.15, 0.2) is 65.7 Å². The van der Waals surface area contributed by atoms with E-state index in [0.717, 1.165) is 33.7 Å². The van der Waals surface area contributed by atoms with E-state index in [0.29, 0.717) is 17.2 Å². The summed E-state index contributed by atoms with van der Waals surface area (Å²) in [6, 6.07) is 16.2. The highest BCUT2D eigenvalue weighted by atomic mass is 32.1. The van der Waals surface area contributed by atoms with Crippen molar-refractivity contribution in [2.45, 2.75) is 26.8 Å². The maximum absolute atomic E-state index is 11.9. The predicted octanol–water partition coefficient (Wildman–Crippen LogP) is 3.41. The molecule has 0 bridgehead atoms. The number of rotatable bonds is 6. The fourth-order valence-corrected chi connectivity index (χ4v) is 3.97. The normalized spacial score (nSPS) is 12.0. The molecule has 4 aromatic rings. The van der Waals surface area contributed by atoms with Gasteiger partial charge in [-0.3, -0.25) is 4.79 Å². The number of aromatic nitrogens is 6. The van der Waals surface area contributed by atoms with E-state index in [1.165, 1.54) is 17.4 Å². The van der Waals surface area contributed by atoms with Crippen LogP contribution in [0.3, 0.4) is 0 Å². The molecule has 1 N–H and O–H groups in total. The maximum Gasteiger partial charge on any atom is 0.272 e. The molecule has 156 valence electrons. The summed E-state index contributed by atoms with van der Waals surface area (Å²) in [5.41, 5.74) is 4.05. The topological polar surface area (TPSA) is 102 Å². The van der Waals surface area contributed by atoms with Crippen LogP contribution in [0.2, 0.25) is 0 Å². The number of hydrogen-bond donors (Lipinski definition) is 1. The third-order valence-electron chi connectivity index (χ3n) is 4.59. The van der Waals surface area contributed by atoms with Crippen LogP contribution in [0.5, 0.6) is 0 Å². The lowest BCUT2D eigenvalue weighted by atomic mass is 9.98. The number of H-pyrrole nitrogens is 1. The Balaban J connectivity index is 1.63. The summed E-state index contributed by atoms with van der Waals surface area (Å²) < 4.78 is 1.78. The maximum atomic E-state index is 11.9. The van der Waals surface area contributed by atoms with Gasteiger partial charge < -0.3 is 0 Å². The van der Waals surface area contributed by atoms with Crippen LogP contribution >= 0.6 is 11.3 Å². The fraction of sp³-hybridized carbons (Fsp3) is 0.182. The Bertz CT molecular complexity index is 1270. The molecular formula is C22H21N7OS. The highest BCUT2D eigenvalue weighted by molar-refractivity contribution is 7.08. The number of nitrogens with one attached hydrogen (secondary N) is 1. The molecule has 4 rings (SSSR count). The molecule has 1 amide bonds. The minimum atomic E-state index is -0.282. The molecule has 8 nitrogen and oxygen atoms in total. The lowest BCUT2D eigenvalue weighted by Crippen LogP contribution is -2.18. The number of aryl methyl sites for hydroxylation is 1. The zero-order valence-corrected chi connectivity index (χ0v) is 18.0. The van der Waals surface area contributed by atoms with E-state index < -0.39 is 0 Å². The second-order valence-electron chi connectivity index (χ2n) is 6.72. The second-order valence-corrected chi connectivity index (χ2v) is 7.76. The molecule has 2 aromatic heterocycles. The van der Waals surface area contributed by atoms with Crippen molar-refractivity contribution in [1.82, 2.24) is 30.4 Å². The van der Waals surface area contributed by atoms with Gasteiger partial charge in [-0.1, -0.05) is 72.9 Å². The third-order valence-corrected chi connectivity index (χ3v) is 5.68. The van der Waals surface area contributed by atoms with Gasteiger partial charge in [-0.25, -0.2) is 4.68 Å². The van der Waals surface area contributed by atoms with E-state index in [2.05, 4.69) is 55.0 Å². The number of tetrazole rings is 1. The SMILES string of the molecule is CC=CC(=O)N=c1sc(CC)nn1Cc1ccc(-c2ccccc2-c2nn[nH]n2)cc1. The van der Waals surface area contributed by atoms with Crippen LogP contribution in [0.4, 0.5) is 0 Å². The number of carbonyl (C=O) groups excluding carboxylic acids is 1. The van der Waals surface area contributed by atoms with Crippen molar-refractivity contribution in [3.8, 4) is 22.5 Å². The molecule has 0 fully saturated rings. The monoisotopic (exact) mass is 431 g/mol. The van der Waals surface area contributed by atoms with E-state index in [4.69, 9.17) is 0 Å². The van der Waals surface area contributed by atoms with Crippen molar-refractivity contribution in [3.63, 3.8) is 0 Å². The van der Waals surface area contributed by atoms with Crippen LogP contribution in [0.1, 0.15) is 24.4 Å². The Labute approximate surface area is 183 Å². The Morgan fingerprint density at radius 3 is 2.61 bits per heavy atom. The summed E-state index contributed by atoms with van der Waals surface area (Å²) in [4.78, 5) is 16.7. The van der Waals surface area contributed by atoms with Gasteiger partial charge in [-0.15, -0.1) is 10.2 Å². The molecule has 0 unspecified atom stereocenters. The minimum absolute atomic E-state index is 0.282. The van der Waals surface area contributed by atoms with Crippen molar-refractivity contribution >= 4 is 17.2 Å². The summed E-state index contributed by atoms with van der Waals surface area (Å²) in [6.07, 6.45) is 3.93. The van der Waals surface area contributed by atoms with Crippen molar-refractivity contribution < 1.29 is 4.79 Å². The lowest BCUT2D eigenvalue weighted by molar-refractivity contribution is -0.113. The first-order valence-corrected chi connectivity index (χ1v) is 10.7. The van der Waals surface area contributed by atoms with Gasteiger partial charge in [0.05, 0.1) is 6.54 Å². The Morgan fingerprint density at radius 1 is 1.16 bits per heavy atom. The van der Waals surface area contributed by atoms with Gasteiger partial charge in [0.1, 0.15) is 5.01 Å². The van der Waals surface area contributed by atoms with Crippen LogP contribution in [0.25, 0.3) is 22.5 Å². The van der Waals surface area contributed by atoms with Crippen molar-refractivity contribution in [2.75, 3.05) is 0 Å². The van der Waals surface area contributed by atoms with Crippen molar-refractivity contribution in [1.29, 1.82) is 0 Å².